The molecule has 0 aliphatic heterocycles. The summed E-state index contributed by atoms with van der Waals surface area (Å²) < 4.78 is 0. The number of amides is 1. The maximum Gasteiger partial charge on any atom is 0.283 e. The van der Waals surface area contributed by atoms with Crippen LogP contribution in [0.1, 0.15) is 22.2 Å². The standard InChI is InChI=1S/C14H13ClN2O4S/c1-14(19,12-3-2-6-22-12)8-16-13(18)10-5-4-9(15)7-11(10)17(20)21/h2-7,19H,8H2,1H3,(H,16,18). The van der Waals surface area contributed by atoms with Crippen LogP contribution in [0.15, 0.2) is 35.7 Å². The smallest absolute Gasteiger partial charge is 0.283 e. The van der Waals surface area contributed by atoms with Gasteiger partial charge in [0.15, 0.2) is 0 Å². The van der Waals surface area contributed by atoms with E-state index in [4.69, 9.17) is 11.6 Å². The SMILES string of the molecule is CC(O)(CNC(=O)c1ccc(Cl)cc1[N+](=O)[O-])c1cccs1. The Morgan fingerprint density at radius 3 is 2.82 bits per heavy atom. The first-order chi connectivity index (χ1) is 10.3. The minimum absolute atomic E-state index is 0.0634. The maximum absolute atomic E-state index is 12.1. The number of nitro groups is 1. The van der Waals surface area contributed by atoms with Crippen LogP contribution >= 0.6 is 22.9 Å². The lowest BCUT2D eigenvalue weighted by molar-refractivity contribution is -0.385. The molecule has 0 fully saturated rings. The molecule has 1 amide bonds. The number of aliphatic hydroxyl groups is 1. The van der Waals surface area contributed by atoms with Crippen molar-refractivity contribution in [1.82, 2.24) is 5.32 Å². The first-order valence-electron chi connectivity index (χ1n) is 6.30. The van der Waals surface area contributed by atoms with Crippen molar-refractivity contribution in [2.45, 2.75) is 12.5 Å². The third kappa shape index (κ3) is 3.62. The third-order valence-electron chi connectivity index (χ3n) is 3.05. The van der Waals surface area contributed by atoms with Gasteiger partial charge >= 0.3 is 0 Å². The zero-order chi connectivity index (χ0) is 16.3. The second-order valence-corrected chi connectivity index (χ2v) is 6.24. The number of nitrogens with one attached hydrogen (secondary N) is 1. The van der Waals surface area contributed by atoms with Gasteiger partial charge in [-0.25, -0.2) is 0 Å². The average Bonchev–Trinajstić information content (AvgIpc) is 2.99. The molecule has 2 rings (SSSR count). The Labute approximate surface area is 135 Å². The van der Waals surface area contributed by atoms with Gasteiger partial charge in [0.25, 0.3) is 11.6 Å². The van der Waals surface area contributed by atoms with Crippen molar-refractivity contribution in [3.05, 3.63) is 61.3 Å². The fraction of sp³-hybridized carbons (Fsp3) is 0.214. The molecule has 0 bridgehead atoms. The number of nitro benzene ring substituents is 1. The van der Waals surface area contributed by atoms with Crippen LogP contribution in [0.4, 0.5) is 5.69 Å². The van der Waals surface area contributed by atoms with Crippen molar-refractivity contribution in [3.63, 3.8) is 0 Å². The van der Waals surface area contributed by atoms with E-state index in [1.807, 2.05) is 5.38 Å². The topological polar surface area (TPSA) is 92.5 Å². The van der Waals surface area contributed by atoms with Crippen molar-refractivity contribution in [3.8, 4) is 0 Å². The maximum atomic E-state index is 12.1. The number of halogens is 1. The van der Waals surface area contributed by atoms with Gasteiger partial charge in [-0.3, -0.25) is 14.9 Å². The molecule has 2 N–H and O–H groups in total. The number of thiophene rings is 1. The van der Waals surface area contributed by atoms with Gasteiger partial charge < -0.3 is 10.4 Å². The Bertz CT molecular complexity index is 701. The van der Waals surface area contributed by atoms with Gasteiger partial charge in [-0.2, -0.15) is 0 Å². The molecule has 1 unspecified atom stereocenters. The van der Waals surface area contributed by atoms with Crippen LogP contribution in [-0.2, 0) is 5.60 Å². The number of hydrogen-bond donors (Lipinski definition) is 2. The predicted molar refractivity (Wildman–Crippen MR) is 84.3 cm³/mol. The molecule has 0 aliphatic rings. The molecule has 2 aromatic rings. The molecule has 0 spiro atoms. The molecule has 0 aliphatic carbocycles. The van der Waals surface area contributed by atoms with Gasteiger partial charge in [0, 0.05) is 16.0 Å². The molecular formula is C14H13ClN2O4S. The summed E-state index contributed by atoms with van der Waals surface area (Å²) in [5, 5.41) is 25.8. The highest BCUT2D eigenvalue weighted by Crippen LogP contribution is 2.26. The molecule has 6 nitrogen and oxygen atoms in total. The molecule has 8 heteroatoms. The van der Waals surface area contributed by atoms with Gasteiger partial charge in [-0.1, -0.05) is 17.7 Å². The van der Waals surface area contributed by atoms with Crippen LogP contribution in [0.5, 0.6) is 0 Å². The van der Waals surface area contributed by atoms with Crippen LogP contribution in [0, 0.1) is 10.1 Å². The van der Waals surface area contributed by atoms with E-state index in [0.29, 0.717) is 4.88 Å². The molecule has 0 saturated heterocycles. The van der Waals surface area contributed by atoms with E-state index in [1.165, 1.54) is 23.5 Å². The van der Waals surface area contributed by atoms with Gasteiger partial charge in [-0.05, 0) is 30.5 Å². The van der Waals surface area contributed by atoms with Gasteiger partial charge in [0.2, 0.25) is 0 Å². The Balaban J connectivity index is 2.15. The van der Waals surface area contributed by atoms with Crippen LogP contribution < -0.4 is 5.32 Å². The van der Waals surface area contributed by atoms with Crippen LogP contribution in [-0.4, -0.2) is 22.5 Å². The summed E-state index contributed by atoms with van der Waals surface area (Å²) in [5.74, 6) is -0.639. The summed E-state index contributed by atoms with van der Waals surface area (Å²) >= 11 is 7.07. The fourth-order valence-electron chi connectivity index (χ4n) is 1.87. The van der Waals surface area contributed by atoms with Gasteiger partial charge in [0.05, 0.1) is 11.5 Å². The zero-order valence-corrected chi connectivity index (χ0v) is 13.1. The van der Waals surface area contributed by atoms with Crippen molar-refractivity contribution >= 4 is 34.5 Å². The van der Waals surface area contributed by atoms with Crippen LogP contribution in [0.2, 0.25) is 5.02 Å². The van der Waals surface area contributed by atoms with E-state index in [0.717, 1.165) is 6.07 Å². The first kappa shape index (κ1) is 16.4. The van der Waals surface area contributed by atoms with E-state index < -0.39 is 16.4 Å². The Morgan fingerprint density at radius 2 is 2.23 bits per heavy atom. The molecular weight excluding hydrogens is 328 g/mol. The van der Waals surface area contributed by atoms with Crippen LogP contribution in [0.25, 0.3) is 0 Å². The van der Waals surface area contributed by atoms with E-state index in [-0.39, 0.29) is 22.8 Å². The average molecular weight is 341 g/mol. The van der Waals surface area contributed by atoms with E-state index >= 15 is 0 Å². The molecule has 1 aromatic heterocycles. The van der Waals surface area contributed by atoms with E-state index in [2.05, 4.69) is 5.32 Å². The molecule has 1 heterocycles. The minimum Gasteiger partial charge on any atom is -0.383 e. The highest BCUT2D eigenvalue weighted by atomic mass is 35.5. The lowest BCUT2D eigenvalue weighted by atomic mass is 10.0. The number of nitrogens with zero attached hydrogens (tertiary/aromatic N) is 1. The molecule has 0 radical (unpaired) electrons. The van der Waals surface area contributed by atoms with Crippen molar-refractivity contribution < 1.29 is 14.8 Å². The summed E-state index contributed by atoms with van der Waals surface area (Å²) in [6.45, 7) is 1.50. The summed E-state index contributed by atoms with van der Waals surface area (Å²) in [4.78, 5) is 23.1. The summed E-state index contributed by atoms with van der Waals surface area (Å²) in [6, 6.07) is 7.35. The number of rotatable bonds is 5. The Kier molecular flexibility index (Phi) is 4.80. The molecule has 116 valence electrons. The van der Waals surface area contributed by atoms with Crippen molar-refractivity contribution in [2.75, 3.05) is 6.54 Å². The second kappa shape index (κ2) is 6.43. The second-order valence-electron chi connectivity index (χ2n) is 4.85. The normalized spacial score (nSPS) is 13.4. The summed E-state index contributed by atoms with van der Waals surface area (Å²) in [7, 11) is 0. The fourth-order valence-corrected chi connectivity index (χ4v) is 2.82. The van der Waals surface area contributed by atoms with Gasteiger partial charge in [-0.15, -0.1) is 11.3 Å². The number of hydrogen-bond acceptors (Lipinski definition) is 5. The summed E-state index contributed by atoms with van der Waals surface area (Å²) in [6.07, 6.45) is 0. The molecule has 1 atom stereocenters. The lowest BCUT2D eigenvalue weighted by Crippen LogP contribution is -2.38. The molecule has 1 aromatic carbocycles. The molecule has 0 saturated carbocycles. The monoisotopic (exact) mass is 340 g/mol. The third-order valence-corrected chi connectivity index (χ3v) is 4.40. The van der Waals surface area contributed by atoms with E-state index in [1.54, 1.807) is 19.1 Å². The summed E-state index contributed by atoms with van der Waals surface area (Å²) in [5.41, 5.74) is -1.72. The highest BCUT2D eigenvalue weighted by Gasteiger charge is 2.27. The number of benzene rings is 1. The predicted octanol–water partition coefficient (Wildman–Crippen LogP) is 2.95. The zero-order valence-electron chi connectivity index (χ0n) is 11.6. The van der Waals surface area contributed by atoms with E-state index in [9.17, 15) is 20.0 Å². The van der Waals surface area contributed by atoms with Crippen molar-refractivity contribution in [2.24, 2.45) is 0 Å². The lowest BCUT2D eigenvalue weighted by Gasteiger charge is -2.22. The van der Waals surface area contributed by atoms with Gasteiger partial charge in [0.1, 0.15) is 11.2 Å². The highest BCUT2D eigenvalue weighted by molar-refractivity contribution is 7.10. The first-order valence-corrected chi connectivity index (χ1v) is 7.55. The quantitative estimate of drug-likeness (QED) is 0.646. The largest absolute Gasteiger partial charge is 0.383 e. The Morgan fingerprint density at radius 1 is 1.50 bits per heavy atom. The van der Waals surface area contributed by atoms with Crippen molar-refractivity contribution in [1.29, 1.82) is 0 Å². The molecule has 22 heavy (non-hydrogen) atoms. The minimum atomic E-state index is -1.25. The number of carbonyl (C=O) groups is 1. The van der Waals surface area contributed by atoms with Crippen LogP contribution in [0.3, 0.4) is 0 Å². The Hall–Kier alpha value is -1.96. The number of carbonyl (C=O) groups excluding carboxylic acids is 1.